The number of nitro benzene ring substituents is 1. The molecule has 0 radical (unpaired) electrons. The standard InChI is InChI=1S/C28H20N4O6S2/c1-16-21(13-25-27(34)31(28(39)40-25)18-5-4-6-19(12-18)32(35)36)20-7-2-3-8-22(20)30(16)14-26(33)29-17-9-10-23-24(11-17)38-15-37-23/h2-13H,14-15H2,1H3,(H,29,33)/b25-13+. The Bertz CT molecular complexity index is 1780. The smallest absolute Gasteiger partial charge is 0.271 e. The number of carbonyl (C=O) groups excluding carboxylic acids is 2. The third-order valence-electron chi connectivity index (χ3n) is 6.61. The van der Waals surface area contributed by atoms with Crippen molar-refractivity contribution in [2.24, 2.45) is 0 Å². The molecule has 0 atom stereocenters. The van der Waals surface area contributed by atoms with Crippen LogP contribution >= 0.6 is 24.0 Å². The van der Waals surface area contributed by atoms with Crippen LogP contribution in [-0.2, 0) is 16.1 Å². The second-order valence-corrected chi connectivity index (χ2v) is 10.7. The second kappa shape index (κ2) is 10.1. The lowest BCUT2D eigenvalue weighted by molar-refractivity contribution is -0.384. The van der Waals surface area contributed by atoms with Gasteiger partial charge in [0.15, 0.2) is 15.8 Å². The summed E-state index contributed by atoms with van der Waals surface area (Å²) in [6, 6.07) is 18.7. The van der Waals surface area contributed by atoms with Crippen LogP contribution in [0.15, 0.2) is 71.6 Å². The molecule has 0 bridgehead atoms. The summed E-state index contributed by atoms with van der Waals surface area (Å²) in [7, 11) is 0. The van der Waals surface area contributed by atoms with Crippen molar-refractivity contribution in [2.75, 3.05) is 17.0 Å². The molecule has 0 spiro atoms. The van der Waals surface area contributed by atoms with E-state index in [0.717, 1.165) is 33.9 Å². The summed E-state index contributed by atoms with van der Waals surface area (Å²) >= 11 is 6.59. The van der Waals surface area contributed by atoms with E-state index in [4.69, 9.17) is 21.7 Å². The average molecular weight is 573 g/mol. The van der Waals surface area contributed by atoms with Crippen molar-refractivity contribution in [3.8, 4) is 11.5 Å². The zero-order valence-electron chi connectivity index (χ0n) is 21.0. The average Bonchev–Trinajstić information content (AvgIpc) is 3.59. The number of fused-ring (bicyclic) bond motifs is 2. The Hall–Kier alpha value is -4.68. The van der Waals surface area contributed by atoms with Gasteiger partial charge in [0.25, 0.3) is 11.6 Å². The number of benzene rings is 3. The van der Waals surface area contributed by atoms with Gasteiger partial charge < -0.3 is 19.4 Å². The van der Waals surface area contributed by atoms with Gasteiger partial charge >= 0.3 is 0 Å². The number of aromatic nitrogens is 1. The second-order valence-electron chi connectivity index (χ2n) is 9.01. The lowest BCUT2D eigenvalue weighted by atomic mass is 10.1. The van der Waals surface area contributed by atoms with E-state index in [0.29, 0.717) is 27.8 Å². The first kappa shape index (κ1) is 25.6. The molecule has 1 saturated heterocycles. The monoisotopic (exact) mass is 572 g/mol. The zero-order valence-corrected chi connectivity index (χ0v) is 22.6. The number of para-hydroxylation sites is 1. The molecule has 2 aliphatic heterocycles. The number of nitrogens with zero attached hydrogens (tertiary/aromatic N) is 3. The van der Waals surface area contributed by atoms with Crippen LogP contribution in [-0.4, -0.2) is 32.4 Å². The van der Waals surface area contributed by atoms with Crippen molar-refractivity contribution < 1.29 is 24.0 Å². The van der Waals surface area contributed by atoms with Crippen molar-refractivity contribution in [2.45, 2.75) is 13.5 Å². The number of amides is 2. The van der Waals surface area contributed by atoms with E-state index in [-0.39, 0.29) is 35.2 Å². The molecule has 200 valence electrons. The number of non-ortho nitro benzene ring substituents is 1. The van der Waals surface area contributed by atoms with Crippen LogP contribution in [0.25, 0.3) is 17.0 Å². The lowest BCUT2D eigenvalue weighted by Crippen LogP contribution is -2.27. The number of anilines is 2. The van der Waals surface area contributed by atoms with Gasteiger partial charge in [-0.25, -0.2) is 0 Å². The highest BCUT2D eigenvalue weighted by atomic mass is 32.2. The fourth-order valence-corrected chi connectivity index (χ4v) is 6.01. The Balaban J connectivity index is 1.30. The van der Waals surface area contributed by atoms with Crippen molar-refractivity contribution in [3.05, 3.63) is 93.0 Å². The fraction of sp³-hybridized carbons (Fsp3) is 0.107. The minimum atomic E-state index is -0.516. The Morgan fingerprint density at radius 3 is 2.75 bits per heavy atom. The van der Waals surface area contributed by atoms with E-state index in [1.807, 2.05) is 35.8 Å². The summed E-state index contributed by atoms with van der Waals surface area (Å²) in [5, 5.41) is 15.0. The van der Waals surface area contributed by atoms with E-state index < -0.39 is 4.92 Å². The first-order chi connectivity index (χ1) is 19.3. The summed E-state index contributed by atoms with van der Waals surface area (Å²) in [4.78, 5) is 38.9. The topological polar surface area (TPSA) is 116 Å². The largest absolute Gasteiger partial charge is 0.454 e. The number of nitro groups is 1. The molecule has 0 unspecified atom stereocenters. The Morgan fingerprint density at radius 1 is 1.12 bits per heavy atom. The van der Waals surface area contributed by atoms with Gasteiger partial charge in [0.2, 0.25) is 12.7 Å². The molecular weight excluding hydrogens is 552 g/mol. The SMILES string of the molecule is Cc1c(/C=C2/SC(=S)N(c3cccc([N+](=O)[O-])c3)C2=O)c2ccccc2n1CC(=O)Nc1ccc2c(c1)OCO2. The maximum Gasteiger partial charge on any atom is 0.271 e. The molecule has 3 heterocycles. The highest BCUT2D eigenvalue weighted by Crippen LogP contribution is 2.39. The molecule has 10 nitrogen and oxygen atoms in total. The number of hydrogen-bond donors (Lipinski definition) is 1. The van der Waals surface area contributed by atoms with Crippen LogP contribution in [0.1, 0.15) is 11.3 Å². The fourth-order valence-electron chi connectivity index (χ4n) is 4.73. The first-order valence-corrected chi connectivity index (χ1v) is 13.3. The molecule has 40 heavy (non-hydrogen) atoms. The molecule has 6 rings (SSSR count). The van der Waals surface area contributed by atoms with Gasteiger partial charge in [-0.3, -0.25) is 24.6 Å². The zero-order chi connectivity index (χ0) is 28.0. The highest BCUT2D eigenvalue weighted by molar-refractivity contribution is 8.27. The predicted molar refractivity (Wildman–Crippen MR) is 157 cm³/mol. The summed E-state index contributed by atoms with van der Waals surface area (Å²) in [6.07, 6.45) is 1.76. The molecule has 12 heteroatoms. The lowest BCUT2D eigenvalue weighted by Gasteiger charge is -2.14. The van der Waals surface area contributed by atoms with Crippen molar-refractivity contribution >= 4 is 74.2 Å². The van der Waals surface area contributed by atoms with Gasteiger partial charge in [-0.15, -0.1) is 0 Å². The van der Waals surface area contributed by atoms with Crippen LogP contribution < -0.4 is 19.7 Å². The summed E-state index contributed by atoms with van der Waals surface area (Å²) in [5.74, 6) is 0.606. The molecular formula is C28H20N4O6S2. The van der Waals surface area contributed by atoms with E-state index in [9.17, 15) is 19.7 Å². The first-order valence-electron chi connectivity index (χ1n) is 12.1. The van der Waals surface area contributed by atoms with Gasteiger partial charge in [0.05, 0.1) is 15.5 Å². The predicted octanol–water partition coefficient (Wildman–Crippen LogP) is 5.63. The van der Waals surface area contributed by atoms with Crippen LogP contribution in [0.2, 0.25) is 0 Å². The third kappa shape index (κ3) is 4.56. The Labute approximate surface area is 237 Å². The molecule has 0 aliphatic carbocycles. The van der Waals surface area contributed by atoms with Crippen LogP contribution in [0, 0.1) is 17.0 Å². The molecule has 0 saturated carbocycles. The number of thioether (sulfide) groups is 1. The van der Waals surface area contributed by atoms with Crippen LogP contribution in [0.3, 0.4) is 0 Å². The van der Waals surface area contributed by atoms with Crippen molar-refractivity contribution in [3.63, 3.8) is 0 Å². The number of ether oxygens (including phenoxy) is 2. The molecule has 1 N–H and O–H groups in total. The number of hydrogen-bond acceptors (Lipinski definition) is 8. The minimum absolute atomic E-state index is 0.0449. The molecule has 2 aliphatic rings. The van der Waals surface area contributed by atoms with Gasteiger partial charge in [0.1, 0.15) is 6.54 Å². The summed E-state index contributed by atoms with van der Waals surface area (Å²) in [5.41, 5.74) is 3.20. The minimum Gasteiger partial charge on any atom is -0.454 e. The molecule has 2 amide bonds. The Kier molecular flexibility index (Phi) is 6.48. The Morgan fingerprint density at radius 2 is 1.93 bits per heavy atom. The number of rotatable bonds is 6. The van der Waals surface area contributed by atoms with Crippen LogP contribution in [0.5, 0.6) is 11.5 Å². The van der Waals surface area contributed by atoms with Crippen molar-refractivity contribution in [1.82, 2.24) is 4.57 Å². The number of carbonyl (C=O) groups is 2. The van der Waals surface area contributed by atoms with Gasteiger partial charge in [-0.2, -0.15) is 0 Å². The maximum atomic E-state index is 13.4. The van der Waals surface area contributed by atoms with E-state index in [1.165, 1.54) is 23.1 Å². The number of nitrogens with one attached hydrogen (secondary N) is 1. The maximum absolute atomic E-state index is 13.4. The molecule has 1 fully saturated rings. The third-order valence-corrected chi connectivity index (χ3v) is 7.91. The number of thiocarbonyl (C=S) groups is 1. The summed E-state index contributed by atoms with van der Waals surface area (Å²) < 4.78 is 12.9. The van der Waals surface area contributed by atoms with E-state index in [2.05, 4.69) is 5.32 Å². The molecule has 1 aromatic heterocycles. The normalized spacial score (nSPS) is 15.3. The summed E-state index contributed by atoms with van der Waals surface area (Å²) in [6.45, 7) is 2.08. The van der Waals surface area contributed by atoms with Crippen molar-refractivity contribution in [1.29, 1.82) is 0 Å². The molecule has 3 aromatic carbocycles. The van der Waals surface area contributed by atoms with Gasteiger partial charge in [-0.1, -0.05) is 48.2 Å². The van der Waals surface area contributed by atoms with E-state index >= 15 is 0 Å². The van der Waals surface area contributed by atoms with Gasteiger partial charge in [-0.05, 0) is 37.3 Å². The van der Waals surface area contributed by atoms with E-state index in [1.54, 1.807) is 30.3 Å². The van der Waals surface area contributed by atoms with Gasteiger partial charge in [0, 0.05) is 46.0 Å². The quantitative estimate of drug-likeness (QED) is 0.137. The molecule has 4 aromatic rings. The highest BCUT2D eigenvalue weighted by Gasteiger charge is 2.34. The van der Waals surface area contributed by atoms with Crippen LogP contribution in [0.4, 0.5) is 17.1 Å².